The van der Waals surface area contributed by atoms with Gasteiger partial charge in [0.2, 0.25) is 0 Å². The predicted molar refractivity (Wildman–Crippen MR) is 91.9 cm³/mol. The number of hydrogen-bond donors (Lipinski definition) is 1. The van der Waals surface area contributed by atoms with Crippen molar-refractivity contribution in [3.05, 3.63) is 53.9 Å². The van der Waals surface area contributed by atoms with Crippen molar-refractivity contribution < 1.29 is 4.74 Å². The van der Waals surface area contributed by atoms with Gasteiger partial charge in [-0.25, -0.2) is 0 Å². The molecule has 0 spiro atoms. The van der Waals surface area contributed by atoms with E-state index in [4.69, 9.17) is 4.74 Å². The number of aryl methyl sites for hydroxylation is 1. The van der Waals surface area contributed by atoms with Gasteiger partial charge in [0.25, 0.3) is 0 Å². The van der Waals surface area contributed by atoms with Gasteiger partial charge in [-0.05, 0) is 30.5 Å². The third-order valence-corrected chi connectivity index (χ3v) is 4.44. The quantitative estimate of drug-likeness (QED) is 0.782. The summed E-state index contributed by atoms with van der Waals surface area (Å²) in [5, 5.41) is 16.5. The second kappa shape index (κ2) is 6.57. The lowest BCUT2D eigenvalue weighted by atomic mass is 9.99. The maximum atomic E-state index is 5.94. The van der Waals surface area contributed by atoms with Crippen molar-refractivity contribution >= 4 is 11.5 Å². The monoisotopic (exact) mass is 323 g/mol. The minimum atomic E-state index is 0.0835. The van der Waals surface area contributed by atoms with Crippen LogP contribution in [0, 0.1) is 0 Å². The molecule has 1 fully saturated rings. The first-order chi connectivity index (χ1) is 11.8. The lowest BCUT2D eigenvalue weighted by Gasteiger charge is -2.25. The van der Waals surface area contributed by atoms with Crippen LogP contribution in [-0.4, -0.2) is 32.5 Å². The molecular weight excluding hydrogens is 302 g/mol. The molecule has 2 aromatic heterocycles. The van der Waals surface area contributed by atoms with Gasteiger partial charge in [0.1, 0.15) is 5.82 Å². The zero-order chi connectivity index (χ0) is 16.4. The third-order valence-electron chi connectivity index (χ3n) is 4.44. The van der Waals surface area contributed by atoms with Gasteiger partial charge in [-0.2, -0.15) is 4.52 Å². The van der Waals surface area contributed by atoms with Crippen molar-refractivity contribution in [3.63, 3.8) is 0 Å². The molecule has 0 amide bonds. The molecule has 24 heavy (non-hydrogen) atoms. The highest BCUT2D eigenvalue weighted by Crippen LogP contribution is 2.29. The van der Waals surface area contributed by atoms with Crippen LogP contribution in [0.2, 0.25) is 0 Å². The van der Waals surface area contributed by atoms with Crippen LogP contribution in [0.1, 0.15) is 37.2 Å². The maximum Gasteiger partial charge on any atom is 0.178 e. The number of benzene rings is 1. The van der Waals surface area contributed by atoms with Crippen LogP contribution in [-0.2, 0) is 11.2 Å². The highest BCUT2D eigenvalue weighted by molar-refractivity contribution is 5.45. The van der Waals surface area contributed by atoms with Gasteiger partial charge in [-0.1, -0.05) is 37.3 Å². The standard InChI is InChI=1S/C18H21N5O/c1-2-16-20-21-17-11-10-15(22-23(16)17)19-18(14-9-6-12-24-14)13-7-4-3-5-8-13/h3-5,7-8,10-11,14,18H,2,6,9,12H2,1H3,(H,19,22)/t14-,18+/m1/s1. The van der Waals surface area contributed by atoms with E-state index in [0.717, 1.165) is 43.2 Å². The van der Waals surface area contributed by atoms with Gasteiger partial charge in [0.15, 0.2) is 11.5 Å². The number of hydrogen-bond acceptors (Lipinski definition) is 5. The van der Waals surface area contributed by atoms with E-state index >= 15 is 0 Å². The molecule has 1 saturated heterocycles. The van der Waals surface area contributed by atoms with Crippen LogP contribution in [0.25, 0.3) is 5.65 Å². The SMILES string of the molecule is CCc1nnc2ccc(N[C@@H](c3ccccc3)[C@H]3CCCO3)nn12. The number of nitrogens with one attached hydrogen (secondary N) is 1. The normalized spacial score (nSPS) is 18.8. The van der Waals surface area contributed by atoms with E-state index in [1.54, 1.807) is 4.52 Å². The van der Waals surface area contributed by atoms with E-state index in [1.165, 1.54) is 5.56 Å². The molecule has 6 nitrogen and oxygen atoms in total. The summed E-state index contributed by atoms with van der Waals surface area (Å²) in [5.74, 6) is 1.67. The van der Waals surface area contributed by atoms with Crippen molar-refractivity contribution in [2.45, 2.75) is 38.3 Å². The van der Waals surface area contributed by atoms with E-state index in [1.807, 2.05) is 18.2 Å². The fraction of sp³-hybridized carbons (Fsp3) is 0.389. The molecule has 0 radical (unpaired) electrons. The Morgan fingerprint density at radius 2 is 2.08 bits per heavy atom. The van der Waals surface area contributed by atoms with Gasteiger partial charge < -0.3 is 10.1 Å². The van der Waals surface area contributed by atoms with Crippen molar-refractivity contribution in [2.24, 2.45) is 0 Å². The van der Waals surface area contributed by atoms with Crippen LogP contribution in [0.15, 0.2) is 42.5 Å². The zero-order valence-electron chi connectivity index (χ0n) is 13.7. The topological polar surface area (TPSA) is 64.3 Å². The number of anilines is 1. The lowest BCUT2D eigenvalue weighted by molar-refractivity contribution is 0.0953. The fourth-order valence-electron chi connectivity index (χ4n) is 3.21. The molecule has 1 N–H and O–H groups in total. The van der Waals surface area contributed by atoms with E-state index in [9.17, 15) is 0 Å². The molecule has 124 valence electrons. The first-order valence-electron chi connectivity index (χ1n) is 8.49. The Kier molecular flexibility index (Phi) is 4.13. The van der Waals surface area contributed by atoms with Crippen LogP contribution in [0.4, 0.5) is 5.82 Å². The summed E-state index contributed by atoms with van der Waals surface area (Å²) in [6.07, 6.45) is 3.12. The summed E-state index contributed by atoms with van der Waals surface area (Å²) in [6, 6.07) is 14.4. The van der Waals surface area contributed by atoms with Crippen molar-refractivity contribution in [3.8, 4) is 0 Å². The molecule has 1 aliphatic rings. The smallest absolute Gasteiger partial charge is 0.178 e. The van der Waals surface area contributed by atoms with Gasteiger partial charge in [0, 0.05) is 13.0 Å². The van der Waals surface area contributed by atoms with Crippen LogP contribution >= 0.6 is 0 Å². The van der Waals surface area contributed by atoms with E-state index in [0.29, 0.717) is 0 Å². The van der Waals surface area contributed by atoms with Gasteiger partial charge in [-0.15, -0.1) is 15.3 Å². The molecule has 4 rings (SSSR count). The number of rotatable bonds is 5. The predicted octanol–water partition coefficient (Wildman–Crippen LogP) is 3.02. The highest BCUT2D eigenvalue weighted by atomic mass is 16.5. The summed E-state index contributed by atoms with van der Waals surface area (Å²) in [5.41, 5.74) is 1.98. The van der Waals surface area contributed by atoms with Gasteiger partial charge >= 0.3 is 0 Å². The Bertz CT molecular complexity index is 811. The number of ether oxygens (including phenoxy) is 1. The average Bonchev–Trinajstić information content (AvgIpc) is 3.29. The van der Waals surface area contributed by atoms with Crippen molar-refractivity contribution in [1.29, 1.82) is 0 Å². The number of aromatic nitrogens is 4. The molecule has 0 bridgehead atoms. The summed E-state index contributed by atoms with van der Waals surface area (Å²) >= 11 is 0. The average molecular weight is 323 g/mol. The van der Waals surface area contributed by atoms with Crippen molar-refractivity contribution in [2.75, 3.05) is 11.9 Å². The van der Waals surface area contributed by atoms with Crippen LogP contribution in [0.3, 0.4) is 0 Å². The van der Waals surface area contributed by atoms with Crippen LogP contribution < -0.4 is 5.32 Å². The van der Waals surface area contributed by atoms with E-state index < -0.39 is 0 Å². The Morgan fingerprint density at radius 1 is 1.21 bits per heavy atom. The molecule has 1 aromatic carbocycles. The number of nitrogens with zero attached hydrogens (tertiary/aromatic N) is 4. The number of fused-ring (bicyclic) bond motifs is 1. The second-order valence-corrected chi connectivity index (χ2v) is 6.04. The minimum Gasteiger partial charge on any atom is -0.376 e. The molecule has 3 heterocycles. The lowest BCUT2D eigenvalue weighted by Crippen LogP contribution is -2.25. The first-order valence-corrected chi connectivity index (χ1v) is 8.49. The second-order valence-electron chi connectivity index (χ2n) is 6.04. The van der Waals surface area contributed by atoms with Gasteiger partial charge in [0.05, 0.1) is 12.1 Å². The minimum absolute atomic E-state index is 0.0835. The highest BCUT2D eigenvalue weighted by Gasteiger charge is 2.27. The zero-order valence-corrected chi connectivity index (χ0v) is 13.7. The molecule has 0 saturated carbocycles. The molecule has 1 aliphatic heterocycles. The molecule has 0 aliphatic carbocycles. The molecule has 3 aromatic rings. The Morgan fingerprint density at radius 3 is 2.83 bits per heavy atom. The third kappa shape index (κ3) is 2.85. The largest absolute Gasteiger partial charge is 0.376 e. The Balaban J connectivity index is 1.66. The summed E-state index contributed by atoms with van der Waals surface area (Å²) in [4.78, 5) is 0. The van der Waals surface area contributed by atoms with Crippen molar-refractivity contribution in [1.82, 2.24) is 19.8 Å². The Hall–Kier alpha value is -2.47. The summed E-state index contributed by atoms with van der Waals surface area (Å²) < 4.78 is 7.74. The first kappa shape index (κ1) is 15.1. The molecular formula is C18H21N5O. The maximum absolute atomic E-state index is 5.94. The molecule has 0 unspecified atom stereocenters. The summed E-state index contributed by atoms with van der Waals surface area (Å²) in [7, 11) is 0. The van der Waals surface area contributed by atoms with Crippen LogP contribution in [0.5, 0.6) is 0 Å². The molecule has 6 heteroatoms. The Labute approximate surface area is 140 Å². The summed E-state index contributed by atoms with van der Waals surface area (Å²) in [6.45, 7) is 2.88. The molecule has 2 atom stereocenters. The fourth-order valence-corrected chi connectivity index (χ4v) is 3.21. The van der Waals surface area contributed by atoms with E-state index in [-0.39, 0.29) is 12.1 Å². The van der Waals surface area contributed by atoms with E-state index in [2.05, 4.69) is 51.8 Å². The van der Waals surface area contributed by atoms with Gasteiger partial charge in [-0.3, -0.25) is 0 Å².